The SMILES string of the molecule is Nc1ccccc1OCCSc1ccccn1. The van der Waals surface area contributed by atoms with Crippen molar-refractivity contribution in [3.63, 3.8) is 0 Å². The molecule has 1 heterocycles. The molecule has 0 spiro atoms. The summed E-state index contributed by atoms with van der Waals surface area (Å²) in [5, 5.41) is 1.01. The van der Waals surface area contributed by atoms with E-state index in [1.54, 1.807) is 18.0 Å². The van der Waals surface area contributed by atoms with Gasteiger partial charge in [-0.2, -0.15) is 0 Å². The molecule has 1 aromatic heterocycles. The second-order valence-electron chi connectivity index (χ2n) is 3.40. The number of anilines is 1. The maximum absolute atomic E-state index is 5.77. The quantitative estimate of drug-likeness (QED) is 0.500. The summed E-state index contributed by atoms with van der Waals surface area (Å²) in [7, 11) is 0. The lowest BCUT2D eigenvalue weighted by atomic mass is 10.3. The van der Waals surface area contributed by atoms with E-state index in [-0.39, 0.29) is 0 Å². The molecule has 0 radical (unpaired) electrons. The third-order valence-electron chi connectivity index (χ3n) is 2.15. The van der Waals surface area contributed by atoms with Crippen molar-refractivity contribution in [1.29, 1.82) is 0 Å². The summed E-state index contributed by atoms with van der Waals surface area (Å²) in [4.78, 5) is 4.22. The first kappa shape index (κ1) is 11.8. The molecule has 0 bridgehead atoms. The van der Waals surface area contributed by atoms with Crippen molar-refractivity contribution < 1.29 is 4.74 Å². The van der Waals surface area contributed by atoms with Crippen LogP contribution in [-0.4, -0.2) is 17.3 Å². The van der Waals surface area contributed by atoms with E-state index in [1.165, 1.54) is 0 Å². The standard InChI is InChI=1S/C13H14N2OS/c14-11-5-1-2-6-12(11)16-9-10-17-13-7-3-4-8-15-13/h1-8H,9-10,14H2. The van der Waals surface area contributed by atoms with Gasteiger partial charge in [-0.3, -0.25) is 0 Å². The molecule has 0 fully saturated rings. The number of rotatable bonds is 5. The van der Waals surface area contributed by atoms with E-state index >= 15 is 0 Å². The number of pyridine rings is 1. The van der Waals surface area contributed by atoms with Gasteiger partial charge in [0.05, 0.1) is 17.3 Å². The average molecular weight is 246 g/mol. The van der Waals surface area contributed by atoms with Crippen molar-refractivity contribution in [2.24, 2.45) is 0 Å². The lowest BCUT2D eigenvalue weighted by Crippen LogP contribution is -2.02. The Kier molecular flexibility index (Phi) is 4.27. The molecule has 0 saturated carbocycles. The lowest BCUT2D eigenvalue weighted by molar-refractivity contribution is 0.346. The van der Waals surface area contributed by atoms with Crippen LogP contribution in [0.4, 0.5) is 5.69 Å². The van der Waals surface area contributed by atoms with Gasteiger partial charge in [-0.1, -0.05) is 18.2 Å². The van der Waals surface area contributed by atoms with Crippen molar-refractivity contribution in [2.75, 3.05) is 18.1 Å². The Morgan fingerprint density at radius 2 is 1.94 bits per heavy atom. The molecule has 0 aliphatic heterocycles. The topological polar surface area (TPSA) is 48.1 Å². The first-order valence-electron chi connectivity index (χ1n) is 5.37. The Hall–Kier alpha value is -1.68. The zero-order chi connectivity index (χ0) is 11.9. The van der Waals surface area contributed by atoms with Gasteiger partial charge in [0.25, 0.3) is 0 Å². The maximum Gasteiger partial charge on any atom is 0.142 e. The number of para-hydroxylation sites is 2. The van der Waals surface area contributed by atoms with Crippen LogP contribution in [0, 0.1) is 0 Å². The normalized spacial score (nSPS) is 10.1. The number of nitrogens with two attached hydrogens (primary N) is 1. The number of nitrogens with zero attached hydrogens (tertiary/aromatic N) is 1. The Labute approximate surface area is 105 Å². The van der Waals surface area contributed by atoms with Crippen LogP contribution >= 0.6 is 11.8 Å². The number of hydrogen-bond donors (Lipinski definition) is 1. The third-order valence-corrected chi connectivity index (χ3v) is 3.06. The summed E-state index contributed by atoms with van der Waals surface area (Å²) < 4.78 is 5.58. The number of ether oxygens (including phenoxy) is 1. The fraction of sp³-hybridized carbons (Fsp3) is 0.154. The molecule has 1 aromatic carbocycles. The second kappa shape index (κ2) is 6.15. The number of benzene rings is 1. The molecule has 88 valence electrons. The molecule has 0 saturated heterocycles. The van der Waals surface area contributed by atoms with Crippen LogP contribution in [0.25, 0.3) is 0 Å². The van der Waals surface area contributed by atoms with Gasteiger partial charge < -0.3 is 10.5 Å². The van der Waals surface area contributed by atoms with Crippen molar-refractivity contribution >= 4 is 17.4 Å². The highest BCUT2D eigenvalue weighted by atomic mass is 32.2. The zero-order valence-corrected chi connectivity index (χ0v) is 10.2. The van der Waals surface area contributed by atoms with Crippen LogP contribution in [0.15, 0.2) is 53.7 Å². The van der Waals surface area contributed by atoms with Crippen molar-refractivity contribution in [3.8, 4) is 5.75 Å². The number of thioether (sulfide) groups is 1. The highest BCUT2D eigenvalue weighted by Gasteiger charge is 1.99. The predicted octanol–water partition coefficient (Wildman–Crippen LogP) is 2.83. The van der Waals surface area contributed by atoms with Crippen LogP contribution in [0.2, 0.25) is 0 Å². The number of nitrogen functional groups attached to an aromatic ring is 1. The summed E-state index contributed by atoms with van der Waals surface area (Å²) >= 11 is 1.67. The molecule has 2 rings (SSSR count). The van der Waals surface area contributed by atoms with Gasteiger partial charge in [0.2, 0.25) is 0 Å². The van der Waals surface area contributed by atoms with Gasteiger partial charge >= 0.3 is 0 Å². The van der Waals surface area contributed by atoms with E-state index in [4.69, 9.17) is 10.5 Å². The van der Waals surface area contributed by atoms with Gasteiger partial charge in [0.1, 0.15) is 5.75 Å². The van der Waals surface area contributed by atoms with Gasteiger partial charge in [-0.15, -0.1) is 11.8 Å². The Morgan fingerprint density at radius 1 is 1.12 bits per heavy atom. The second-order valence-corrected chi connectivity index (χ2v) is 4.52. The summed E-state index contributed by atoms with van der Waals surface area (Å²) in [6.07, 6.45) is 1.79. The van der Waals surface area contributed by atoms with Crippen molar-refractivity contribution in [2.45, 2.75) is 5.03 Å². The van der Waals surface area contributed by atoms with E-state index in [1.807, 2.05) is 42.5 Å². The Morgan fingerprint density at radius 3 is 2.71 bits per heavy atom. The van der Waals surface area contributed by atoms with Crippen molar-refractivity contribution in [1.82, 2.24) is 4.98 Å². The molecule has 0 aliphatic rings. The molecular weight excluding hydrogens is 232 g/mol. The van der Waals surface area contributed by atoms with Crippen LogP contribution in [0.5, 0.6) is 5.75 Å². The average Bonchev–Trinajstić information content (AvgIpc) is 2.38. The first-order chi connectivity index (χ1) is 8.36. The van der Waals surface area contributed by atoms with Crippen molar-refractivity contribution in [3.05, 3.63) is 48.7 Å². The van der Waals surface area contributed by atoms with Gasteiger partial charge in [-0.05, 0) is 24.3 Å². The molecule has 0 unspecified atom stereocenters. The van der Waals surface area contributed by atoms with Crippen LogP contribution < -0.4 is 10.5 Å². The molecule has 2 aromatic rings. The van der Waals surface area contributed by atoms with E-state index in [9.17, 15) is 0 Å². The van der Waals surface area contributed by atoms with Gasteiger partial charge in [0.15, 0.2) is 0 Å². The summed E-state index contributed by atoms with van der Waals surface area (Å²) in [6, 6.07) is 13.4. The highest BCUT2D eigenvalue weighted by molar-refractivity contribution is 7.99. The zero-order valence-electron chi connectivity index (χ0n) is 9.37. The predicted molar refractivity (Wildman–Crippen MR) is 71.3 cm³/mol. The smallest absolute Gasteiger partial charge is 0.142 e. The molecule has 0 amide bonds. The molecule has 3 nitrogen and oxygen atoms in total. The summed E-state index contributed by atoms with van der Waals surface area (Å²) in [6.45, 7) is 0.620. The molecule has 4 heteroatoms. The minimum absolute atomic E-state index is 0.620. The summed E-state index contributed by atoms with van der Waals surface area (Å²) in [5.41, 5.74) is 6.45. The Balaban J connectivity index is 1.76. The Bertz CT molecular complexity index is 462. The highest BCUT2D eigenvalue weighted by Crippen LogP contribution is 2.20. The molecule has 17 heavy (non-hydrogen) atoms. The number of hydrogen-bond acceptors (Lipinski definition) is 4. The third kappa shape index (κ3) is 3.67. The van der Waals surface area contributed by atoms with Crippen LogP contribution in [0.3, 0.4) is 0 Å². The van der Waals surface area contributed by atoms with Gasteiger partial charge in [-0.25, -0.2) is 4.98 Å². The minimum Gasteiger partial charge on any atom is -0.491 e. The monoisotopic (exact) mass is 246 g/mol. The van der Waals surface area contributed by atoms with E-state index in [0.717, 1.165) is 16.5 Å². The largest absolute Gasteiger partial charge is 0.491 e. The molecule has 2 N–H and O–H groups in total. The summed E-state index contributed by atoms with van der Waals surface area (Å²) in [5.74, 6) is 1.60. The van der Waals surface area contributed by atoms with E-state index in [0.29, 0.717) is 12.3 Å². The maximum atomic E-state index is 5.77. The minimum atomic E-state index is 0.620. The first-order valence-corrected chi connectivity index (χ1v) is 6.36. The molecule has 0 atom stereocenters. The molecular formula is C13H14N2OS. The fourth-order valence-corrected chi connectivity index (χ4v) is 2.03. The van der Waals surface area contributed by atoms with Crippen LogP contribution in [-0.2, 0) is 0 Å². The fourth-order valence-electron chi connectivity index (χ4n) is 1.34. The van der Waals surface area contributed by atoms with Crippen LogP contribution in [0.1, 0.15) is 0 Å². The van der Waals surface area contributed by atoms with E-state index < -0.39 is 0 Å². The lowest BCUT2D eigenvalue weighted by Gasteiger charge is -2.07. The van der Waals surface area contributed by atoms with E-state index in [2.05, 4.69) is 4.98 Å². The molecule has 0 aliphatic carbocycles. The van der Waals surface area contributed by atoms with Gasteiger partial charge in [0, 0.05) is 11.9 Å². The number of aromatic nitrogens is 1.